The molecule has 6 heteroatoms. The van der Waals surface area contributed by atoms with E-state index >= 15 is 0 Å². The summed E-state index contributed by atoms with van der Waals surface area (Å²) < 4.78 is 5.00. The average molecular weight is 271 g/mol. The molecule has 0 spiro atoms. The second kappa shape index (κ2) is 9.12. The molecule has 1 aliphatic heterocycles. The minimum Gasteiger partial charge on any atom is -0.385 e. The monoisotopic (exact) mass is 271 g/mol. The molecular formula is C13H29N5O. The fourth-order valence-corrected chi connectivity index (χ4v) is 2.28. The van der Waals surface area contributed by atoms with Crippen molar-refractivity contribution < 1.29 is 4.74 Å². The van der Waals surface area contributed by atoms with E-state index in [1.54, 1.807) is 7.11 Å². The van der Waals surface area contributed by atoms with E-state index in [1.807, 2.05) is 0 Å². The maximum Gasteiger partial charge on any atom is 0.205 e. The van der Waals surface area contributed by atoms with Crippen molar-refractivity contribution in [3.8, 4) is 0 Å². The van der Waals surface area contributed by atoms with Gasteiger partial charge in [0.15, 0.2) is 0 Å². The highest BCUT2D eigenvalue weighted by atomic mass is 16.5. The van der Waals surface area contributed by atoms with Crippen LogP contribution in [0.2, 0.25) is 0 Å². The zero-order valence-corrected chi connectivity index (χ0v) is 12.5. The summed E-state index contributed by atoms with van der Waals surface area (Å²) in [4.78, 5) is 7.02. The summed E-state index contributed by atoms with van der Waals surface area (Å²) in [6.07, 6.45) is 2.17. The van der Waals surface area contributed by atoms with Crippen molar-refractivity contribution in [3.05, 3.63) is 0 Å². The third-order valence-electron chi connectivity index (χ3n) is 3.51. The molecular weight excluding hydrogens is 242 g/mol. The van der Waals surface area contributed by atoms with Crippen LogP contribution in [0.5, 0.6) is 0 Å². The fourth-order valence-electron chi connectivity index (χ4n) is 2.28. The van der Waals surface area contributed by atoms with Crippen molar-refractivity contribution in [1.82, 2.24) is 15.6 Å². The summed E-state index contributed by atoms with van der Waals surface area (Å²) in [5.41, 5.74) is 2.62. The van der Waals surface area contributed by atoms with Crippen molar-refractivity contribution in [2.45, 2.75) is 32.7 Å². The van der Waals surface area contributed by atoms with Gasteiger partial charge in [0.05, 0.1) is 0 Å². The van der Waals surface area contributed by atoms with Crippen LogP contribution < -0.4 is 16.6 Å². The zero-order valence-electron chi connectivity index (χ0n) is 12.5. The Hall–Kier alpha value is -0.850. The Labute approximate surface area is 116 Å². The number of nitrogens with zero attached hydrogens (tertiary/aromatic N) is 2. The SMILES string of the molecule is COCCCNC(=NCC1CCN(C(C)C)C1)NN. The van der Waals surface area contributed by atoms with Gasteiger partial charge in [0.2, 0.25) is 5.96 Å². The second-order valence-electron chi connectivity index (χ2n) is 5.35. The van der Waals surface area contributed by atoms with Gasteiger partial charge in [-0.1, -0.05) is 0 Å². The Morgan fingerprint density at radius 3 is 2.89 bits per heavy atom. The lowest BCUT2D eigenvalue weighted by molar-refractivity contribution is 0.195. The fraction of sp³-hybridized carbons (Fsp3) is 0.923. The summed E-state index contributed by atoms with van der Waals surface area (Å²) in [7, 11) is 1.71. The van der Waals surface area contributed by atoms with E-state index in [1.165, 1.54) is 13.0 Å². The maximum atomic E-state index is 5.46. The van der Waals surface area contributed by atoms with E-state index in [2.05, 4.69) is 34.5 Å². The van der Waals surface area contributed by atoms with E-state index in [9.17, 15) is 0 Å². The molecule has 0 saturated carbocycles. The van der Waals surface area contributed by atoms with Gasteiger partial charge in [-0.3, -0.25) is 10.4 Å². The second-order valence-corrected chi connectivity index (χ2v) is 5.35. The number of nitrogens with two attached hydrogens (primary N) is 1. The molecule has 112 valence electrons. The van der Waals surface area contributed by atoms with E-state index in [-0.39, 0.29) is 0 Å². The normalized spacial score (nSPS) is 21.1. The molecule has 0 aliphatic carbocycles. The van der Waals surface area contributed by atoms with Crippen LogP contribution in [0.3, 0.4) is 0 Å². The topological polar surface area (TPSA) is 74.9 Å². The zero-order chi connectivity index (χ0) is 14.1. The number of rotatable bonds is 7. The van der Waals surface area contributed by atoms with Gasteiger partial charge >= 0.3 is 0 Å². The molecule has 1 aliphatic rings. The van der Waals surface area contributed by atoms with Gasteiger partial charge in [0, 0.05) is 39.4 Å². The smallest absolute Gasteiger partial charge is 0.205 e. The van der Waals surface area contributed by atoms with Gasteiger partial charge in [-0.2, -0.15) is 0 Å². The Kier molecular flexibility index (Phi) is 7.78. The lowest BCUT2D eigenvalue weighted by Gasteiger charge is -2.19. The summed E-state index contributed by atoms with van der Waals surface area (Å²) in [5, 5.41) is 3.18. The predicted molar refractivity (Wildman–Crippen MR) is 78.9 cm³/mol. The summed E-state index contributed by atoms with van der Waals surface area (Å²) in [5.74, 6) is 6.79. The quantitative estimate of drug-likeness (QED) is 0.202. The molecule has 0 amide bonds. The number of hydrazine groups is 1. The van der Waals surface area contributed by atoms with Crippen LogP contribution in [0.15, 0.2) is 4.99 Å². The van der Waals surface area contributed by atoms with Gasteiger partial charge in [0.25, 0.3) is 0 Å². The number of hydrogen-bond acceptors (Lipinski definition) is 4. The summed E-state index contributed by atoms with van der Waals surface area (Å²) in [6.45, 7) is 9.22. The lowest BCUT2D eigenvalue weighted by Crippen LogP contribution is -2.42. The van der Waals surface area contributed by atoms with Crippen molar-refractivity contribution in [2.75, 3.05) is 39.9 Å². The molecule has 6 nitrogen and oxygen atoms in total. The average Bonchev–Trinajstić information content (AvgIpc) is 2.87. The number of hydrogen-bond donors (Lipinski definition) is 3. The minimum absolute atomic E-state index is 0.633. The number of guanidine groups is 1. The first-order valence-electron chi connectivity index (χ1n) is 7.15. The molecule has 0 aromatic heterocycles. The van der Waals surface area contributed by atoms with Crippen LogP contribution in [0, 0.1) is 5.92 Å². The van der Waals surface area contributed by atoms with Crippen LogP contribution in [0.4, 0.5) is 0 Å². The number of aliphatic imine (C=N–C) groups is 1. The van der Waals surface area contributed by atoms with Crippen molar-refractivity contribution in [3.63, 3.8) is 0 Å². The van der Waals surface area contributed by atoms with Crippen molar-refractivity contribution >= 4 is 5.96 Å². The van der Waals surface area contributed by atoms with E-state index in [4.69, 9.17) is 10.6 Å². The van der Waals surface area contributed by atoms with E-state index < -0.39 is 0 Å². The van der Waals surface area contributed by atoms with Gasteiger partial charge in [-0.15, -0.1) is 0 Å². The maximum absolute atomic E-state index is 5.46. The Morgan fingerprint density at radius 2 is 2.32 bits per heavy atom. The predicted octanol–water partition coefficient (Wildman–Crippen LogP) is 0.162. The van der Waals surface area contributed by atoms with Crippen molar-refractivity contribution in [1.29, 1.82) is 0 Å². The molecule has 0 aromatic carbocycles. The molecule has 0 bridgehead atoms. The van der Waals surface area contributed by atoms with Crippen LogP contribution in [-0.2, 0) is 4.74 Å². The largest absolute Gasteiger partial charge is 0.385 e. The summed E-state index contributed by atoms with van der Waals surface area (Å²) in [6, 6.07) is 0.633. The minimum atomic E-state index is 0.633. The highest BCUT2D eigenvalue weighted by Crippen LogP contribution is 2.18. The van der Waals surface area contributed by atoms with Gasteiger partial charge in [-0.05, 0) is 39.2 Å². The molecule has 0 radical (unpaired) electrons. The van der Waals surface area contributed by atoms with Crippen LogP contribution in [-0.4, -0.2) is 56.8 Å². The van der Waals surface area contributed by atoms with E-state index in [0.29, 0.717) is 17.9 Å². The third kappa shape index (κ3) is 6.22. The molecule has 1 heterocycles. The number of nitrogens with one attached hydrogen (secondary N) is 2. The van der Waals surface area contributed by atoms with Crippen molar-refractivity contribution in [2.24, 2.45) is 16.8 Å². The first-order chi connectivity index (χ1) is 9.17. The van der Waals surface area contributed by atoms with Crippen LogP contribution in [0.1, 0.15) is 26.7 Å². The van der Waals surface area contributed by atoms with E-state index in [0.717, 1.165) is 32.7 Å². The number of methoxy groups -OCH3 is 1. The first-order valence-corrected chi connectivity index (χ1v) is 7.15. The third-order valence-corrected chi connectivity index (χ3v) is 3.51. The molecule has 1 rings (SSSR count). The molecule has 1 unspecified atom stereocenters. The van der Waals surface area contributed by atoms with Crippen LogP contribution >= 0.6 is 0 Å². The standard InChI is InChI=1S/C13H29N5O/c1-11(2)18-7-5-12(10-18)9-16-13(17-14)15-6-4-8-19-3/h11-12H,4-10,14H2,1-3H3,(H2,15,16,17). The molecule has 1 atom stereocenters. The van der Waals surface area contributed by atoms with Crippen LogP contribution in [0.25, 0.3) is 0 Å². The number of ether oxygens (including phenoxy) is 1. The van der Waals surface area contributed by atoms with Gasteiger partial charge < -0.3 is 15.0 Å². The molecule has 0 aromatic rings. The molecule has 1 saturated heterocycles. The highest BCUT2D eigenvalue weighted by Gasteiger charge is 2.23. The lowest BCUT2D eigenvalue weighted by atomic mass is 10.1. The Morgan fingerprint density at radius 1 is 1.53 bits per heavy atom. The van der Waals surface area contributed by atoms with Gasteiger partial charge in [-0.25, -0.2) is 5.84 Å². The number of likely N-dealkylation sites (tertiary alicyclic amines) is 1. The molecule has 1 fully saturated rings. The molecule has 4 N–H and O–H groups in total. The van der Waals surface area contributed by atoms with Gasteiger partial charge in [0.1, 0.15) is 0 Å². The first kappa shape index (κ1) is 16.2. The Balaban J connectivity index is 2.25. The highest BCUT2D eigenvalue weighted by molar-refractivity contribution is 5.79. The summed E-state index contributed by atoms with van der Waals surface area (Å²) >= 11 is 0. The molecule has 19 heavy (non-hydrogen) atoms. The Bertz CT molecular complexity index is 270.